The second-order valence-electron chi connectivity index (χ2n) is 6.35. The Morgan fingerprint density at radius 3 is 1.93 bits per heavy atom. The van der Waals surface area contributed by atoms with Gasteiger partial charge in [-0.2, -0.15) is 0 Å². The molecule has 30 heavy (non-hydrogen) atoms. The van der Waals surface area contributed by atoms with E-state index in [1.54, 1.807) is 48.5 Å². The van der Waals surface area contributed by atoms with Crippen molar-refractivity contribution in [3.8, 4) is 0 Å². The molecule has 0 aromatic heterocycles. The summed E-state index contributed by atoms with van der Waals surface area (Å²) in [4.78, 5) is 23.3. The molecular formula is C22H19FN4O2S. The normalized spacial score (nSPS) is 10.1. The molecule has 0 saturated carbocycles. The fraction of sp³-hybridized carbons (Fsp3) is 0.0455. The third-order valence-electron chi connectivity index (χ3n) is 3.96. The van der Waals surface area contributed by atoms with Crippen molar-refractivity contribution in [1.29, 1.82) is 0 Å². The van der Waals surface area contributed by atoms with Crippen LogP contribution < -0.4 is 21.3 Å². The second-order valence-corrected chi connectivity index (χ2v) is 6.76. The van der Waals surface area contributed by atoms with Crippen LogP contribution in [0.4, 0.5) is 27.1 Å². The van der Waals surface area contributed by atoms with E-state index in [1.807, 2.05) is 6.07 Å². The summed E-state index contributed by atoms with van der Waals surface area (Å²) in [5.41, 5.74) is 2.58. The van der Waals surface area contributed by atoms with Crippen LogP contribution in [0.2, 0.25) is 0 Å². The van der Waals surface area contributed by atoms with Gasteiger partial charge < -0.3 is 21.3 Å². The number of amides is 2. The lowest BCUT2D eigenvalue weighted by Crippen LogP contribution is -2.19. The van der Waals surface area contributed by atoms with Crippen LogP contribution in [0, 0.1) is 5.82 Å². The van der Waals surface area contributed by atoms with Gasteiger partial charge in [-0.05, 0) is 66.8 Å². The van der Waals surface area contributed by atoms with Gasteiger partial charge >= 0.3 is 0 Å². The molecule has 0 fully saturated rings. The average Bonchev–Trinajstić information content (AvgIpc) is 2.69. The summed E-state index contributed by atoms with van der Waals surface area (Å²) < 4.78 is 13.7. The van der Waals surface area contributed by atoms with E-state index in [-0.39, 0.29) is 11.5 Å². The van der Waals surface area contributed by atoms with Crippen LogP contribution in [0.5, 0.6) is 0 Å². The molecule has 3 aromatic carbocycles. The lowest BCUT2D eigenvalue weighted by molar-refractivity contribution is -0.114. The number of rotatable bonds is 5. The number of thiocarbonyl (C=S) groups is 1. The molecule has 0 aliphatic carbocycles. The van der Waals surface area contributed by atoms with E-state index in [4.69, 9.17) is 12.2 Å². The fourth-order valence-corrected chi connectivity index (χ4v) is 2.89. The first-order valence-corrected chi connectivity index (χ1v) is 9.43. The molecule has 0 aliphatic rings. The van der Waals surface area contributed by atoms with Crippen LogP contribution in [0.3, 0.4) is 0 Å². The molecule has 0 aliphatic heterocycles. The lowest BCUT2D eigenvalue weighted by atomic mass is 10.2. The summed E-state index contributed by atoms with van der Waals surface area (Å²) in [5.74, 6) is -1.26. The van der Waals surface area contributed by atoms with Gasteiger partial charge in [-0.1, -0.05) is 18.2 Å². The maximum Gasteiger partial charge on any atom is 0.258 e. The molecular weight excluding hydrogens is 403 g/mol. The third-order valence-corrected chi connectivity index (χ3v) is 4.16. The van der Waals surface area contributed by atoms with Crippen LogP contribution in [-0.2, 0) is 4.79 Å². The van der Waals surface area contributed by atoms with Crippen LogP contribution in [0.1, 0.15) is 17.3 Å². The Balaban J connectivity index is 1.58. The van der Waals surface area contributed by atoms with Crippen molar-refractivity contribution in [2.24, 2.45) is 0 Å². The highest BCUT2D eigenvalue weighted by Crippen LogP contribution is 2.18. The number of carbonyl (C=O) groups excluding carboxylic acids is 2. The second kappa shape index (κ2) is 9.62. The zero-order valence-electron chi connectivity index (χ0n) is 16.0. The van der Waals surface area contributed by atoms with Gasteiger partial charge in [0.1, 0.15) is 5.82 Å². The number of anilines is 4. The summed E-state index contributed by atoms with van der Waals surface area (Å²) in [6.07, 6.45) is 0. The first kappa shape index (κ1) is 20.9. The smallest absolute Gasteiger partial charge is 0.258 e. The number of halogens is 1. The van der Waals surface area contributed by atoms with Crippen molar-refractivity contribution >= 4 is 51.9 Å². The van der Waals surface area contributed by atoms with Crippen molar-refractivity contribution in [1.82, 2.24) is 0 Å². The number of carbonyl (C=O) groups is 2. The van der Waals surface area contributed by atoms with Crippen LogP contribution in [-0.4, -0.2) is 16.9 Å². The van der Waals surface area contributed by atoms with E-state index >= 15 is 0 Å². The quantitative estimate of drug-likeness (QED) is 0.442. The van der Waals surface area contributed by atoms with E-state index < -0.39 is 11.7 Å². The first-order valence-electron chi connectivity index (χ1n) is 9.02. The topological polar surface area (TPSA) is 82.3 Å². The highest BCUT2D eigenvalue weighted by molar-refractivity contribution is 7.80. The SMILES string of the molecule is CC(=O)Nc1cccc(NC(=S)Nc2ccc(NC(=O)c3ccccc3F)cc2)c1. The number of hydrogen-bond donors (Lipinski definition) is 4. The molecule has 4 N–H and O–H groups in total. The maximum absolute atomic E-state index is 13.7. The van der Waals surface area contributed by atoms with Crippen LogP contribution in [0.25, 0.3) is 0 Å². The van der Waals surface area contributed by atoms with Gasteiger partial charge in [-0.3, -0.25) is 9.59 Å². The summed E-state index contributed by atoms with van der Waals surface area (Å²) in [6, 6.07) is 19.8. The number of hydrogen-bond acceptors (Lipinski definition) is 3. The van der Waals surface area contributed by atoms with E-state index in [0.717, 1.165) is 0 Å². The van der Waals surface area contributed by atoms with Gasteiger partial charge in [0.05, 0.1) is 5.56 Å². The number of benzene rings is 3. The van der Waals surface area contributed by atoms with Crippen LogP contribution >= 0.6 is 12.2 Å². The minimum absolute atomic E-state index is 0.0217. The molecule has 2 amide bonds. The van der Waals surface area contributed by atoms with Gasteiger partial charge in [0, 0.05) is 29.7 Å². The van der Waals surface area contributed by atoms with E-state index in [9.17, 15) is 14.0 Å². The summed E-state index contributed by atoms with van der Waals surface area (Å²) in [5, 5.41) is 11.8. The lowest BCUT2D eigenvalue weighted by Gasteiger charge is -2.12. The highest BCUT2D eigenvalue weighted by Gasteiger charge is 2.11. The van der Waals surface area contributed by atoms with Gasteiger partial charge in [-0.15, -0.1) is 0 Å². The molecule has 8 heteroatoms. The maximum atomic E-state index is 13.7. The molecule has 0 saturated heterocycles. The van der Waals surface area contributed by atoms with Crippen molar-refractivity contribution in [3.63, 3.8) is 0 Å². The van der Waals surface area contributed by atoms with Crippen molar-refractivity contribution in [2.75, 3.05) is 21.3 Å². The van der Waals surface area contributed by atoms with Crippen LogP contribution in [0.15, 0.2) is 72.8 Å². The Morgan fingerprint density at radius 1 is 0.733 bits per heavy atom. The molecule has 3 rings (SSSR count). The standard InChI is InChI=1S/C22H19FN4O2S/c1-14(28)24-17-5-4-6-18(13-17)27-22(30)26-16-11-9-15(10-12-16)25-21(29)19-7-2-3-8-20(19)23/h2-13H,1H3,(H,24,28)(H,25,29)(H2,26,27,30). The summed E-state index contributed by atoms with van der Waals surface area (Å²) in [7, 11) is 0. The average molecular weight is 422 g/mol. The summed E-state index contributed by atoms with van der Waals surface area (Å²) in [6.45, 7) is 1.44. The Hall–Kier alpha value is -3.78. The van der Waals surface area contributed by atoms with E-state index in [0.29, 0.717) is 27.9 Å². The Kier molecular flexibility index (Phi) is 6.71. The predicted octanol–water partition coefficient (Wildman–Crippen LogP) is 4.85. The molecule has 152 valence electrons. The third kappa shape index (κ3) is 5.86. The molecule has 0 heterocycles. The minimum Gasteiger partial charge on any atom is -0.332 e. The van der Waals surface area contributed by atoms with Gasteiger partial charge in [0.2, 0.25) is 5.91 Å². The molecule has 6 nitrogen and oxygen atoms in total. The van der Waals surface area contributed by atoms with Crippen molar-refractivity contribution < 1.29 is 14.0 Å². The zero-order valence-corrected chi connectivity index (χ0v) is 16.8. The molecule has 0 spiro atoms. The molecule has 0 bridgehead atoms. The monoisotopic (exact) mass is 422 g/mol. The van der Waals surface area contributed by atoms with Gasteiger partial charge in [0.15, 0.2) is 5.11 Å². The largest absolute Gasteiger partial charge is 0.332 e. The van der Waals surface area contributed by atoms with Crippen molar-refractivity contribution in [2.45, 2.75) is 6.92 Å². The molecule has 0 radical (unpaired) electrons. The zero-order chi connectivity index (χ0) is 21.5. The molecule has 0 unspecified atom stereocenters. The number of nitrogens with one attached hydrogen (secondary N) is 4. The highest BCUT2D eigenvalue weighted by atomic mass is 32.1. The Bertz CT molecular complexity index is 1090. The predicted molar refractivity (Wildman–Crippen MR) is 121 cm³/mol. The van der Waals surface area contributed by atoms with Crippen molar-refractivity contribution in [3.05, 3.63) is 84.2 Å². The Labute approximate surface area is 178 Å². The Morgan fingerprint density at radius 2 is 1.30 bits per heavy atom. The fourth-order valence-electron chi connectivity index (χ4n) is 2.65. The summed E-state index contributed by atoms with van der Waals surface area (Å²) >= 11 is 5.31. The minimum atomic E-state index is -0.577. The molecule has 0 atom stereocenters. The van der Waals surface area contributed by atoms with Gasteiger partial charge in [0.25, 0.3) is 5.91 Å². The van der Waals surface area contributed by atoms with E-state index in [2.05, 4.69) is 21.3 Å². The molecule has 3 aromatic rings. The van der Waals surface area contributed by atoms with E-state index in [1.165, 1.54) is 25.1 Å². The van der Waals surface area contributed by atoms with Gasteiger partial charge in [-0.25, -0.2) is 4.39 Å². The first-order chi connectivity index (χ1) is 14.4.